The van der Waals surface area contributed by atoms with Gasteiger partial charge >= 0.3 is 12.4 Å². The molecule has 0 bridgehead atoms. The standard InChI is InChI=1S/C10H5F7N2O2/c11-6-4(8(19)21)2(7(18)20)1-3(9(12,13)14)5(6)10(15,16)17/h1H,(H2,18,20)(H2,19,21). The molecule has 0 aliphatic rings. The van der Waals surface area contributed by atoms with Crippen molar-refractivity contribution in [3.8, 4) is 0 Å². The predicted octanol–water partition coefficient (Wildman–Crippen LogP) is 2.06. The van der Waals surface area contributed by atoms with Crippen LogP contribution >= 0.6 is 0 Å². The van der Waals surface area contributed by atoms with E-state index in [0.717, 1.165) is 0 Å². The number of primary amides is 2. The van der Waals surface area contributed by atoms with Crippen LogP contribution in [0.15, 0.2) is 6.07 Å². The molecule has 1 aromatic rings. The van der Waals surface area contributed by atoms with Crippen molar-refractivity contribution in [1.29, 1.82) is 0 Å². The zero-order valence-electron chi connectivity index (χ0n) is 9.69. The van der Waals surface area contributed by atoms with Crippen LogP contribution in [0.3, 0.4) is 0 Å². The highest BCUT2D eigenvalue weighted by Crippen LogP contribution is 2.43. The number of amides is 2. The van der Waals surface area contributed by atoms with E-state index < -0.39 is 52.2 Å². The fraction of sp³-hybridized carbons (Fsp3) is 0.200. The highest BCUT2D eigenvalue weighted by molar-refractivity contribution is 6.06. The Morgan fingerprint density at radius 3 is 1.67 bits per heavy atom. The van der Waals surface area contributed by atoms with Crippen molar-refractivity contribution >= 4 is 11.8 Å². The molecule has 0 aliphatic heterocycles. The first-order chi connectivity index (χ1) is 9.28. The summed E-state index contributed by atoms with van der Waals surface area (Å²) in [5.74, 6) is -6.19. The number of carbonyl (C=O) groups excluding carboxylic acids is 2. The summed E-state index contributed by atoms with van der Waals surface area (Å²) in [5.41, 5.74) is 0.959. The van der Waals surface area contributed by atoms with Crippen LogP contribution in [-0.2, 0) is 12.4 Å². The number of carbonyl (C=O) groups is 2. The molecule has 1 rings (SSSR count). The zero-order valence-corrected chi connectivity index (χ0v) is 9.69. The molecule has 116 valence electrons. The quantitative estimate of drug-likeness (QED) is 0.818. The largest absolute Gasteiger partial charge is 0.419 e. The highest BCUT2D eigenvalue weighted by Gasteiger charge is 2.47. The first kappa shape index (κ1) is 16.7. The molecule has 0 spiro atoms. The van der Waals surface area contributed by atoms with E-state index in [2.05, 4.69) is 11.5 Å². The fourth-order valence-electron chi connectivity index (χ4n) is 1.59. The van der Waals surface area contributed by atoms with E-state index in [1.54, 1.807) is 0 Å². The minimum Gasteiger partial charge on any atom is -0.366 e. The molecule has 0 radical (unpaired) electrons. The van der Waals surface area contributed by atoms with E-state index in [0.29, 0.717) is 0 Å². The Hall–Kier alpha value is -2.33. The van der Waals surface area contributed by atoms with Crippen molar-refractivity contribution in [2.75, 3.05) is 0 Å². The number of benzene rings is 1. The van der Waals surface area contributed by atoms with Crippen LogP contribution in [0.25, 0.3) is 0 Å². The Balaban J connectivity index is 4.00. The molecule has 0 heterocycles. The second-order valence-corrected chi connectivity index (χ2v) is 3.76. The molecule has 0 fully saturated rings. The Morgan fingerprint density at radius 2 is 1.38 bits per heavy atom. The summed E-state index contributed by atoms with van der Waals surface area (Å²) in [6.45, 7) is 0. The average molecular weight is 318 g/mol. The third kappa shape index (κ3) is 3.06. The number of rotatable bonds is 2. The van der Waals surface area contributed by atoms with Gasteiger partial charge in [-0.25, -0.2) is 4.39 Å². The van der Waals surface area contributed by atoms with Gasteiger partial charge in [0, 0.05) is 0 Å². The lowest BCUT2D eigenvalue weighted by molar-refractivity contribution is -0.163. The van der Waals surface area contributed by atoms with Crippen LogP contribution in [0.2, 0.25) is 0 Å². The van der Waals surface area contributed by atoms with Crippen LogP contribution in [-0.4, -0.2) is 11.8 Å². The summed E-state index contributed by atoms with van der Waals surface area (Å²) in [5, 5.41) is 0. The van der Waals surface area contributed by atoms with E-state index in [-0.39, 0.29) is 6.07 Å². The number of hydrogen-bond donors (Lipinski definition) is 2. The van der Waals surface area contributed by atoms with Crippen LogP contribution in [0, 0.1) is 5.82 Å². The van der Waals surface area contributed by atoms with Gasteiger partial charge in [0.1, 0.15) is 11.4 Å². The van der Waals surface area contributed by atoms with Crippen LogP contribution in [0.4, 0.5) is 30.7 Å². The Labute approximate surface area is 111 Å². The van der Waals surface area contributed by atoms with E-state index in [1.807, 2.05) is 0 Å². The molecule has 4 N–H and O–H groups in total. The number of halogens is 7. The number of hydrogen-bond acceptors (Lipinski definition) is 2. The second kappa shape index (κ2) is 4.90. The van der Waals surface area contributed by atoms with Crippen LogP contribution < -0.4 is 11.5 Å². The van der Waals surface area contributed by atoms with Gasteiger partial charge in [-0.05, 0) is 6.07 Å². The molecule has 11 heteroatoms. The molecular weight excluding hydrogens is 313 g/mol. The SMILES string of the molecule is NC(=O)c1cc(C(F)(F)F)c(C(F)(F)F)c(F)c1C(N)=O. The maximum absolute atomic E-state index is 13.7. The molecule has 0 aliphatic carbocycles. The van der Waals surface area contributed by atoms with E-state index in [4.69, 9.17) is 0 Å². The van der Waals surface area contributed by atoms with Gasteiger partial charge in [-0.3, -0.25) is 9.59 Å². The van der Waals surface area contributed by atoms with Crippen LogP contribution in [0.5, 0.6) is 0 Å². The molecule has 4 nitrogen and oxygen atoms in total. The molecule has 0 unspecified atom stereocenters. The van der Waals surface area contributed by atoms with Gasteiger partial charge < -0.3 is 11.5 Å². The van der Waals surface area contributed by atoms with Gasteiger partial charge in [0.15, 0.2) is 0 Å². The van der Waals surface area contributed by atoms with Crippen molar-refractivity contribution < 1.29 is 40.3 Å². The molecule has 0 saturated heterocycles. The summed E-state index contributed by atoms with van der Waals surface area (Å²) in [7, 11) is 0. The molecule has 0 atom stereocenters. The maximum atomic E-state index is 13.7. The number of nitrogens with two attached hydrogens (primary N) is 2. The minimum absolute atomic E-state index is 0.353. The maximum Gasteiger partial charge on any atom is 0.419 e. The molecule has 1 aromatic carbocycles. The monoisotopic (exact) mass is 318 g/mol. The summed E-state index contributed by atoms with van der Waals surface area (Å²) < 4.78 is 89.3. The summed E-state index contributed by atoms with van der Waals surface area (Å²) in [6.07, 6.45) is -11.4. The van der Waals surface area contributed by atoms with E-state index in [9.17, 15) is 40.3 Å². The van der Waals surface area contributed by atoms with E-state index >= 15 is 0 Å². The van der Waals surface area contributed by atoms with Gasteiger partial charge in [-0.15, -0.1) is 0 Å². The van der Waals surface area contributed by atoms with Crippen molar-refractivity contribution in [3.05, 3.63) is 34.1 Å². The van der Waals surface area contributed by atoms with Crippen molar-refractivity contribution in [2.45, 2.75) is 12.4 Å². The van der Waals surface area contributed by atoms with Gasteiger partial charge in [-0.1, -0.05) is 0 Å². The van der Waals surface area contributed by atoms with Crippen molar-refractivity contribution in [3.63, 3.8) is 0 Å². The highest BCUT2D eigenvalue weighted by atomic mass is 19.4. The Bertz CT molecular complexity index is 619. The first-order valence-electron chi connectivity index (χ1n) is 4.89. The Morgan fingerprint density at radius 1 is 0.905 bits per heavy atom. The van der Waals surface area contributed by atoms with Gasteiger partial charge in [0.25, 0.3) is 5.91 Å². The summed E-state index contributed by atoms with van der Waals surface area (Å²) in [4.78, 5) is 21.8. The molecular formula is C10H5F7N2O2. The fourth-order valence-corrected chi connectivity index (χ4v) is 1.59. The third-order valence-corrected chi connectivity index (χ3v) is 2.37. The Kier molecular flexibility index (Phi) is 3.90. The topological polar surface area (TPSA) is 86.2 Å². The van der Waals surface area contributed by atoms with Crippen molar-refractivity contribution in [1.82, 2.24) is 0 Å². The zero-order chi connectivity index (χ0) is 16.7. The van der Waals surface area contributed by atoms with Gasteiger partial charge in [0.05, 0.1) is 16.7 Å². The summed E-state index contributed by atoms with van der Waals surface area (Å²) in [6, 6.07) is -0.353. The van der Waals surface area contributed by atoms with Gasteiger partial charge in [0.2, 0.25) is 5.91 Å². The summed E-state index contributed by atoms with van der Waals surface area (Å²) >= 11 is 0. The minimum atomic E-state index is -5.77. The predicted molar refractivity (Wildman–Crippen MR) is 53.4 cm³/mol. The lowest BCUT2D eigenvalue weighted by Crippen LogP contribution is -2.28. The van der Waals surface area contributed by atoms with Crippen LogP contribution in [0.1, 0.15) is 31.8 Å². The lowest BCUT2D eigenvalue weighted by Gasteiger charge is -2.19. The molecule has 0 aromatic heterocycles. The number of alkyl halides is 6. The normalized spacial score (nSPS) is 12.3. The average Bonchev–Trinajstić information content (AvgIpc) is 2.23. The van der Waals surface area contributed by atoms with E-state index in [1.165, 1.54) is 0 Å². The lowest BCUT2D eigenvalue weighted by atomic mass is 9.95. The smallest absolute Gasteiger partial charge is 0.366 e. The molecule has 21 heavy (non-hydrogen) atoms. The molecule has 2 amide bonds. The van der Waals surface area contributed by atoms with Crippen molar-refractivity contribution in [2.24, 2.45) is 11.5 Å². The molecule has 0 saturated carbocycles. The first-order valence-corrected chi connectivity index (χ1v) is 4.89. The second-order valence-electron chi connectivity index (χ2n) is 3.76. The third-order valence-electron chi connectivity index (χ3n) is 2.37. The van der Waals surface area contributed by atoms with Gasteiger partial charge in [-0.2, -0.15) is 26.3 Å².